The van der Waals surface area contributed by atoms with Crippen molar-refractivity contribution in [3.05, 3.63) is 69.8 Å². The number of benzene rings is 2. The zero-order valence-electron chi connectivity index (χ0n) is 11.5. The predicted octanol–water partition coefficient (Wildman–Crippen LogP) is 5.58. The normalized spacial score (nSPS) is 10.6. The second-order valence-corrected chi connectivity index (χ2v) is 5.96. The standard InChI is InChI=1S/C16H9BrClF2N3/c17-10-3-6-13(12(20)7-10)21-15-8-14(18)22-16(23-15)9-1-4-11(19)5-2-9/h1-8H,(H,21,22,23). The molecule has 0 radical (unpaired) electrons. The summed E-state index contributed by atoms with van der Waals surface area (Å²) in [7, 11) is 0. The van der Waals surface area contributed by atoms with Crippen LogP contribution < -0.4 is 5.32 Å². The molecular weight excluding hydrogens is 388 g/mol. The van der Waals surface area contributed by atoms with Gasteiger partial charge in [0.2, 0.25) is 0 Å². The van der Waals surface area contributed by atoms with Gasteiger partial charge in [-0.15, -0.1) is 0 Å². The molecule has 0 aliphatic carbocycles. The molecule has 3 nitrogen and oxygen atoms in total. The van der Waals surface area contributed by atoms with E-state index in [0.717, 1.165) is 0 Å². The first-order chi connectivity index (χ1) is 11.0. The molecule has 0 fully saturated rings. The summed E-state index contributed by atoms with van der Waals surface area (Å²) in [6, 6.07) is 11.8. The second kappa shape index (κ2) is 6.60. The van der Waals surface area contributed by atoms with E-state index in [2.05, 4.69) is 31.2 Å². The molecule has 0 bridgehead atoms. The number of anilines is 2. The summed E-state index contributed by atoms with van der Waals surface area (Å²) in [6.07, 6.45) is 0. The molecule has 3 rings (SSSR count). The van der Waals surface area contributed by atoms with Crippen molar-refractivity contribution >= 4 is 39.0 Å². The van der Waals surface area contributed by atoms with Crippen LogP contribution in [0.25, 0.3) is 11.4 Å². The van der Waals surface area contributed by atoms with Gasteiger partial charge in [0.1, 0.15) is 22.6 Å². The average Bonchev–Trinajstić information content (AvgIpc) is 2.50. The van der Waals surface area contributed by atoms with E-state index in [0.29, 0.717) is 21.7 Å². The Morgan fingerprint density at radius 1 is 0.957 bits per heavy atom. The van der Waals surface area contributed by atoms with E-state index in [1.807, 2.05) is 0 Å². The Morgan fingerprint density at radius 2 is 1.70 bits per heavy atom. The summed E-state index contributed by atoms with van der Waals surface area (Å²) >= 11 is 9.19. The molecular formula is C16H9BrClF2N3. The molecule has 0 atom stereocenters. The molecule has 0 aliphatic rings. The van der Waals surface area contributed by atoms with Gasteiger partial charge in [-0.2, -0.15) is 0 Å². The minimum absolute atomic E-state index is 0.194. The van der Waals surface area contributed by atoms with Crippen molar-refractivity contribution in [2.75, 3.05) is 5.32 Å². The van der Waals surface area contributed by atoms with Crippen LogP contribution in [0, 0.1) is 11.6 Å². The summed E-state index contributed by atoms with van der Waals surface area (Å²) in [6.45, 7) is 0. The lowest BCUT2D eigenvalue weighted by molar-refractivity contribution is 0.628. The first-order valence-corrected chi connectivity index (χ1v) is 7.71. The molecule has 3 aromatic rings. The van der Waals surface area contributed by atoms with Gasteiger partial charge in [-0.1, -0.05) is 27.5 Å². The summed E-state index contributed by atoms with van der Waals surface area (Å²) in [5.41, 5.74) is 0.862. The molecule has 1 N–H and O–H groups in total. The van der Waals surface area contributed by atoms with Gasteiger partial charge in [0.15, 0.2) is 5.82 Å². The zero-order valence-corrected chi connectivity index (χ0v) is 13.9. The van der Waals surface area contributed by atoms with Gasteiger partial charge < -0.3 is 5.32 Å². The third kappa shape index (κ3) is 3.83. The quantitative estimate of drug-likeness (QED) is 0.587. The first kappa shape index (κ1) is 15.8. The zero-order chi connectivity index (χ0) is 16.4. The molecule has 116 valence electrons. The Kier molecular flexibility index (Phi) is 4.54. The third-order valence-electron chi connectivity index (χ3n) is 2.99. The lowest BCUT2D eigenvalue weighted by Crippen LogP contribution is -1.99. The largest absolute Gasteiger partial charge is 0.338 e. The van der Waals surface area contributed by atoms with Crippen LogP contribution in [-0.4, -0.2) is 9.97 Å². The maximum Gasteiger partial charge on any atom is 0.163 e. The number of nitrogens with zero attached hydrogens (tertiary/aromatic N) is 2. The van der Waals surface area contributed by atoms with E-state index in [4.69, 9.17) is 11.6 Å². The van der Waals surface area contributed by atoms with Crippen LogP contribution in [0.15, 0.2) is 53.0 Å². The molecule has 0 saturated carbocycles. The maximum atomic E-state index is 13.9. The van der Waals surface area contributed by atoms with E-state index in [9.17, 15) is 8.78 Å². The van der Waals surface area contributed by atoms with Crippen LogP contribution in [0.3, 0.4) is 0 Å². The minimum Gasteiger partial charge on any atom is -0.338 e. The number of aromatic nitrogens is 2. The van der Waals surface area contributed by atoms with E-state index in [1.54, 1.807) is 24.3 Å². The maximum absolute atomic E-state index is 13.9. The van der Waals surface area contributed by atoms with Gasteiger partial charge in [-0.05, 0) is 42.5 Å². The van der Waals surface area contributed by atoms with Gasteiger partial charge in [-0.3, -0.25) is 0 Å². The Morgan fingerprint density at radius 3 is 2.39 bits per heavy atom. The SMILES string of the molecule is Fc1ccc(-c2nc(Cl)cc(Nc3ccc(Br)cc3F)n2)cc1. The van der Waals surface area contributed by atoms with Gasteiger partial charge in [0.05, 0.1) is 5.69 Å². The van der Waals surface area contributed by atoms with Crippen molar-refractivity contribution in [1.82, 2.24) is 9.97 Å². The fraction of sp³-hybridized carbons (Fsp3) is 0. The first-order valence-electron chi connectivity index (χ1n) is 6.54. The molecule has 0 saturated heterocycles. The van der Waals surface area contributed by atoms with E-state index in [-0.39, 0.29) is 16.7 Å². The summed E-state index contributed by atoms with van der Waals surface area (Å²) < 4.78 is 27.5. The Balaban J connectivity index is 1.95. The highest BCUT2D eigenvalue weighted by molar-refractivity contribution is 9.10. The lowest BCUT2D eigenvalue weighted by atomic mass is 10.2. The smallest absolute Gasteiger partial charge is 0.163 e. The topological polar surface area (TPSA) is 37.8 Å². The second-order valence-electron chi connectivity index (χ2n) is 4.66. The predicted molar refractivity (Wildman–Crippen MR) is 89.8 cm³/mol. The van der Waals surface area contributed by atoms with Crippen LogP contribution in [0.4, 0.5) is 20.3 Å². The van der Waals surface area contributed by atoms with Crippen molar-refractivity contribution in [3.63, 3.8) is 0 Å². The lowest BCUT2D eigenvalue weighted by Gasteiger charge is -2.09. The number of nitrogens with one attached hydrogen (secondary N) is 1. The Hall–Kier alpha value is -2.05. The highest BCUT2D eigenvalue weighted by atomic mass is 79.9. The summed E-state index contributed by atoms with van der Waals surface area (Å²) in [4.78, 5) is 8.39. The van der Waals surface area contributed by atoms with Crippen molar-refractivity contribution in [1.29, 1.82) is 0 Å². The average molecular weight is 397 g/mol. The fourth-order valence-corrected chi connectivity index (χ4v) is 2.46. The van der Waals surface area contributed by atoms with E-state index in [1.165, 1.54) is 24.3 Å². The Labute approximate surface area is 144 Å². The van der Waals surface area contributed by atoms with Crippen LogP contribution in [0.1, 0.15) is 0 Å². The minimum atomic E-state index is -0.433. The molecule has 1 aromatic heterocycles. The van der Waals surface area contributed by atoms with Crippen molar-refractivity contribution in [2.24, 2.45) is 0 Å². The summed E-state index contributed by atoms with van der Waals surface area (Å²) in [5.74, 6) is -0.133. The number of hydrogen-bond donors (Lipinski definition) is 1. The monoisotopic (exact) mass is 395 g/mol. The Bertz CT molecular complexity index is 856. The van der Waals surface area contributed by atoms with Gasteiger partial charge >= 0.3 is 0 Å². The number of rotatable bonds is 3. The van der Waals surface area contributed by atoms with Crippen molar-refractivity contribution in [3.8, 4) is 11.4 Å². The molecule has 0 aliphatic heterocycles. The highest BCUT2D eigenvalue weighted by Gasteiger charge is 2.09. The van der Waals surface area contributed by atoms with Crippen LogP contribution >= 0.6 is 27.5 Å². The van der Waals surface area contributed by atoms with Crippen LogP contribution in [0.2, 0.25) is 5.15 Å². The number of hydrogen-bond acceptors (Lipinski definition) is 3. The number of halogens is 4. The third-order valence-corrected chi connectivity index (χ3v) is 3.68. The van der Waals surface area contributed by atoms with Gasteiger partial charge in [0.25, 0.3) is 0 Å². The van der Waals surface area contributed by atoms with E-state index < -0.39 is 5.82 Å². The van der Waals surface area contributed by atoms with Gasteiger partial charge in [0, 0.05) is 16.1 Å². The van der Waals surface area contributed by atoms with Crippen LogP contribution in [0.5, 0.6) is 0 Å². The molecule has 7 heteroatoms. The van der Waals surface area contributed by atoms with Gasteiger partial charge in [-0.25, -0.2) is 18.7 Å². The summed E-state index contributed by atoms with van der Waals surface area (Å²) in [5, 5.41) is 3.05. The fourth-order valence-electron chi connectivity index (χ4n) is 1.94. The molecule has 23 heavy (non-hydrogen) atoms. The molecule has 0 unspecified atom stereocenters. The molecule has 1 heterocycles. The van der Waals surface area contributed by atoms with E-state index >= 15 is 0 Å². The molecule has 2 aromatic carbocycles. The van der Waals surface area contributed by atoms with Crippen molar-refractivity contribution < 1.29 is 8.78 Å². The molecule has 0 spiro atoms. The highest BCUT2D eigenvalue weighted by Crippen LogP contribution is 2.25. The van der Waals surface area contributed by atoms with Crippen molar-refractivity contribution in [2.45, 2.75) is 0 Å². The molecule has 0 amide bonds. The van der Waals surface area contributed by atoms with Crippen LogP contribution in [-0.2, 0) is 0 Å².